The van der Waals surface area contributed by atoms with Crippen LogP contribution < -0.4 is 10.1 Å². The van der Waals surface area contributed by atoms with Crippen molar-refractivity contribution in [3.63, 3.8) is 0 Å². The van der Waals surface area contributed by atoms with E-state index in [4.69, 9.17) is 9.15 Å². The largest absolute Gasteiger partial charge is 0.497 e. The summed E-state index contributed by atoms with van der Waals surface area (Å²) >= 11 is 0. The standard InChI is InChI=1S/C15H17NO4/c1-15(18,13-7-4-8-20-13)10-16-14(17)11-5-3-6-12(9-11)19-2/h3-9,18H,10H2,1-2H3,(H,16,17). The summed E-state index contributed by atoms with van der Waals surface area (Å²) in [6.07, 6.45) is 1.48. The maximum absolute atomic E-state index is 12.0. The second-order valence-electron chi connectivity index (χ2n) is 4.67. The zero-order valence-electron chi connectivity index (χ0n) is 11.4. The fraction of sp³-hybridized carbons (Fsp3) is 0.267. The van der Waals surface area contributed by atoms with Crippen molar-refractivity contribution in [1.82, 2.24) is 5.32 Å². The number of hydrogen-bond donors (Lipinski definition) is 2. The van der Waals surface area contributed by atoms with Crippen molar-refractivity contribution in [3.05, 3.63) is 54.0 Å². The predicted molar refractivity (Wildman–Crippen MR) is 73.6 cm³/mol. The third-order valence-electron chi connectivity index (χ3n) is 2.98. The van der Waals surface area contributed by atoms with Crippen LogP contribution in [0.25, 0.3) is 0 Å². The Morgan fingerprint density at radius 2 is 2.20 bits per heavy atom. The summed E-state index contributed by atoms with van der Waals surface area (Å²) in [7, 11) is 1.54. The molecule has 1 heterocycles. The summed E-state index contributed by atoms with van der Waals surface area (Å²) in [6, 6.07) is 10.2. The van der Waals surface area contributed by atoms with Crippen LogP contribution in [0, 0.1) is 0 Å². The normalized spacial score (nSPS) is 13.6. The van der Waals surface area contributed by atoms with Crippen molar-refractivity contribution in [2.24, 2.45) is 0 Å². The van der Waals surface area contributed by atoms with E-state index in [1.54, 1.807) is 50.4 Å². The Labute approximate surface area is 117 Å². The highest BCUT2D eigenvalue weighted by Gasteiger charge is 2.26. The van der Waals surface area contributed by atoms with E-state index in [0.717, 1.165) is 0 Å². The van der Waals surface area contributed by atoms with E-state index in [1.807, 2.05) is 0 Å². The van der Waals surface area contributed by atoms with E-state index < -0.39 is 5.60 Å². The molecule has 1 atom stereocenters. The van der Waals surface area contributed by atoms with Gasteiger partial charge in [0.05, 0.1) is 19.9 Å². The van der Waals surface area contributed by atoms with Crippen LogP contribution in [0.2, 0.25) is 0 Å². The molecule has 0 spiro atoms. The second kappa shape index (κ2) is 5.79. The van der Waals surface area contributed by atoms with Crippen molar-refractivity contribution in [1.29, 1.82) is 0 Å². The Balaban J connectivity index is 2.01. The first-order chi connectivity index (χ1) is 9.53. The molecular weight excluding hydrogens is 258 g/mol. The third kappa shape index (κ3) is 3.19. The summed E-state index contributed by atoms with van der Waals surface area (Å²) in [5.41, 5.74) is -0.780. The van der Waals surface area contributed by atoms with Crippen molar-refractivity contribution in [2.45, 2.75) is 12.5 Å². The summed E-state index contributed by atoms with van der Waals surface area (Å²) in [4.78, 5) is 12.0. The van der Waals surface area contributed by atoms with E-state index in [1.165, 1.54) is 6.26 Å². The van der Waals surface area contributed by atoms with Gasteiger partial charge in [-0.2, -0.15) is 0 Å². The number of methoxy groups -OCH3 is 1. The third-order valence-corrected chi connectivity index (χ3v) is 2.98. The van der Waals surface area contributed by atoms with Crippen LogP contribution in [-0.2, 0) is 5.60 Å². The zero-order chi connectivity index (χ0) is 14.6. The Kier molecular flexibility index (Phi) is 4.10. The lowest BCUT2D eigenvalue weighted by Gasteiger charge is -2.21. The van der Waals surface area contributed by atoms with Crippen LogP contribution in [0.15, 0.2) is 47.1 Å². The molecular formula is C15H17NO4. The summed E-state index contributed by atoms with van der Waals surface area (Å²) < 4.78 is 10.2. The van der Waals surface area contributed by atoms with Crippen molar-refractivity contribution in [3.8, 4) is 5.75 Å². The van der Waals surface area contributed by atoms with Crippen LogP contribution in [-0.4, -0.2) is 24.7 Å². The average molecular weight is 275 g/mol. The van der Waals surface area contributed by atoms with Gasteiger partial charge in [-0.1, -0.05) is 6.07 Å². The highest BCUT2D eigenvalue weighted by atomic mass is 16.5. The number of furan rings is 1. The molecule has 0 saturated heterocycles. The Morgan fingerprint density at radius 1 is 1.40 bits per heavy atom. The molecule has 0 radical (unpaired) electrons. The fourth-order valence-electron chi connectivity index (χ4n) is 1.79. The minimum atomic E-state index is -1.25. The van der Waals surface area contributed by atoms with Gasteiger partial charge in [0.1, 0.15) is 17.1 Å². The number of rotatable bonds is 5. The molecule has 5 nitrogen and oxygen atoms in total. The van der Waals surface area contributed by atoms with Gasteiger partial charge in [-0.3, -0.25) is 4.79 Å². The van der Waals surface area contributed by atoms with Crippen LogP contribution in [0.1, 0.15) is 23.0 Å². The molecule has 0 saturated carbocycles. The second-order valence-corrected chi connectivity index (χ2v) is 4.67. The van der Waals surface area contributed by atoms with Crippen LogP contribution >= 0.6 is 0 Å². The van der Waals surface area contributed by atoms with Crippen LogP contribution in [0.3, 0.4) is 0 Å². The minimum absolute atomic E-state index is 0.0521. The van der Waals surface area contributed by atoms with E-state index in [2.05, 4.69) is 5.32 Å². The van der Waals surface area contributed by atoms with Gasteiger partial charge in [-0.15, -0.1) is 0 Å². The minimum Gasteiger partial charge on any atom is -0.497 e. The predicted octanol–water partition coefficient (Wildman–Crippen LogP) is 1.93. The molecule has 2 rings (SSSR count). The molecule has 106 valence electrons. The summed E-state index contributed by atoms with van der Waals surface area (Å²) in [6.45, 7) is 1.63. The molecule has 1 aromatic carbocycles. The first-order valence-electron chi connectivity index (χ1n) is 6.21. The number of carbonyl (C=O) groups excluding carboxylic acids is 1. The molecule has 0 aliphatic carbocycles. The van der Waals surface area contributed by atoms with Crippen LogP contribution in [0.4, 0.5) is 0 Å². The maximum Gasteiger partial charge on any atom is 0.251 e. The number of ether oxygens (including phenoxy) is 1. The van der Waals surface area contributed by atoms with Gasteiger partial charge >= 0.3 is 0 Å². The van der Waals surface area contributed by atoms with E-state index in [-0.39, 0.29) is 12.5 Å². The van der Waals surface area contributed by atoms with Gasteiger partial charge in [0, 0.05) is 5.56 Å². The first-order valence-corrected chi connectivity index (χ1v) is 6.21. The topological polar surface area (TPSA) is 71.7 Å². The molecule has 0 bridgehead atoms. The zero-order valence-corrected chi connectivity index (χ0v) is 11.4. The Hall–Kier alpha value is -2.27. The molecule has 5 heteroatoms. The van der Waals surface area contributed by atoms with Gasteiger partial charge in [0.25, 0.3) is 5.91 Å². The number of carbonyl (C=O) groups is 1. The number of nitrogens with one attached hydrogen (secondary N) is 1. The molecule has 0 aliphatic rings. The molecule has 0 fully saturated rings. The fourth-order valence-corrected chi connectivity index (χ4v) is 1.79. The highest BCUT2D eigenvalue weighted by Crippen LogP contribution is 2.20. The first kappa shape index (κ1) is 14.1. The summed E-state index contributed by atoms with van der Waals surface area (Å²) in [5.74, 6) is 0.731. The molecule has 2 aromatic rings. The number of benzene rings is 1. The van der Waals surface area contributed by atoms with Crippen molar-refractivity contribution >= 4 is 5.91 Å². The van der Waals surface area contributed by atoms with Crippen LogP contribution in [0.5, 0.6) is 5.75 Å². The van der Waals surface area contributed by atoms with Gasteiger partial charge in [-0.05, 0) is 37.3 Å². The SMILES string of the molecule is COc1cccc(C(=O)NCC(C)(O)c2ccco2)c1. The maximum atomic E-state index is 12.0. The molecule has 1 unspecified atom stereocenters. The van der Waals surface area contributed by atoms with Crippen molar-refractivity contribution < 1.29 is 19.1 Å². The quantitative estimate of drug-likeness (QED) is 0.874. The summed E-state index contributed by atoms with van der Waals surface area (Å²) in [5, 5.41) is 12.9. The molecule has 1 amide bonds. The van der Waals surface area contributed by atoms with Gasteiger partial charge in [0.2, 0.25) is 0 Å². The Morgan fingerprint density at radius 3 is 2.85 bits per heavy atom. The lowest BCUT2D eigenvalue weighted by atomic mass is 10.0. The monoisotopic (exact) mass is 275 g/mol. The van der Waals surface area contributed by atoms with Gasteiger partial charge in [-0.25, -0.2) is 0 Å². The van der Waals surface area contributed by atoms with Crippen molar-refractivity contribution in [2.75, 3.05) is 13.7 Å². The van der Waals surface area contributed by atoms with Gasteiger partial charge in [0.15, 0.2) is 0 Å². The van der Waals surface area contributed by atoms with E-state index in [9.17, 15) is 9.90 Å². The smallest absolute Gasteiger partial charge is 0.251 e. The number of amides is 1. The van der Waals surface area contributed by atoms with Gasteiger partial charge < -0.3 is 19.6 Å². The lowest BCUT2D eigenvalue weighted by Crippen LogP contribution is -2.38. The number of aliphatic hydroxyl groups is 1. The molecule has 1 aromatic heterocycles. The Bertz CT molecular complexity index is 575. The van der Waals surface area contributed by atoms with E-state index >= 15 is 0 Å². The molecule has 20 heavy (non-hydrogen) atoms. The highest BCUT2D eigenvalue weighted by molar-refractivity contribution is 5.94. The molecule has 0 aliphatic heterocycles. The average Bonchev–Trinajstić information content (AvgIpc) is 3.00. The lowest BCUT2D eigenvalue weighted by molar-refractivity contribution is 0.0330. The molecule has 2 N–H and O–H groups in total. The van der Waals surface area contributed by atoms with E-state index in [0.29, 0.717) is 17.1 Å². The number of hydrogen-bond acceptors (Lipinski definition) is 4.